The van der Waals surface area contributed by atoms with Crippen LogP contribution in [0.1, 0.15) is 5.69 Å². The van der Waals surface area contributed by atoms with Gasteiger partial charge in [-0.05, 0) is 19.1 Å². The van der Waals surface area contributed by atoms with Gasteiger partial charge in [0.25, 0.3) is 0 Å². The molecule has 1 rings (SSSR count). The number of aryl methyl sites for hydroxylation is 1. The summed E-state index contributed by atoms with van der Waals surface area (Å²) >= 11 is 0. The third-order valence-corrected chi connectivity index (χ3v) is 1.02. The molecule has 1 aromatic rings. The average molecular weight is 163 g/mol. The number of nitrogens with zero attached hydrogens (tertiary/aromatic N) is 1. The van der Waals surface area contributed by atoms with Gasteiger partial charge in [-0.25, -0.2) is 4.98 Å². The molecular weight excluding hydrogens is 155 g/mol. The molecule has 0 aliphatic heterocycles. The van der Waals surface area contributed by atoms with E-state index in [0.717, 1.165) is 0 Å². The number of pyridine rings is 1. The van der Waals surface area contributed by atoms with Crippen LogP contribution in [-0.4, -0.2) is 4.98 Å². The van der Waals surface area contributed by atoms with Crippen molar-refractivity contribution < 1.29 is 4.39 Å². The lowest BCUT2D eigenvalue weighted by Gasteiger charge is -1.93. The van der Waals surface area contributed by atoms with E-state index < -0.39 is 5.95 Å². The van der Waals surface area contributed by atoms with Gasteiger partial charge in [0, 0.05) is 5.69 Å². The first kappa shape index (κ1) is 9.17. The molecule has 10 heavy (non-hydrogen) atoms. The van der Waals surface area contributed by atoms with Crippen LogP contribution in [0.4, 0.5) is 10.1 Å². The van der Waals surface area contributed by atoms with E-state index in [1.165, 1.54) is 6.07 Å². The van der Waals surface area contributed by atoms with Gasteiger partial charge in [0.1, 0.15) is 0 Å². The van der Waals surface area contributed by atoms with Crippen LogP contribution in [-0.2, 0) is 0 Å². The van der Waals surface area contributed by atoms with E-state index in [4.69, 9.17) is 5.73 Å². The van der Waals surface area contributed by atoms with Gasteiger partial charge in [0.05, 0.1) is 5.69 Å². The molecule has 0 atom stereocenters. The van der Waals surface area contributed by atoms with Crippen molar-refractivity contribution in [3.63, 3.8) is 0 Å². The van der Waals surface area contributed by atoms with Gasteiger partial charge in [-0.3, -0.25) is 0 Å². The highest BCUT2D eigenvalue weighted by atomic mass is 35.5. The highest BCUT2D eigenvalue weighted by molar-refractivity contribution is 5.85. The number of rotatable bonds is 0. The second kappa shape index (κ2) is 3.37. The number of hydrogen-bond acceptors (Lipinski definition) is 2. The number of nitrogen functional groups attached to an aromatic ring is 1. The van der Waals surface area contributed by atoms with Crippen LogP contribution in [0, 0.1) is 12.9 Å². The first-order chi connectivity index (χ1) is 4.20. The third kappa shape index (κ3) is 1.84. The van der Waals surface area contributed by atoms with Gasteiger partial charge in [0.2, 0.25) is 5.95 Å². The molecule has 1 heterocycles. The van der Waals surface area contributed by atoms with Gasteiger partial charge in [-0.15, -0.1) is 12.4 Å². The topological polar surface area (TPSA) is 38.9 Å². The molecule has 0 radical (unpaired) electrons. The van der Waals surface area contributed by atoms with Crippen LogP contribution in [0.25, 0.3) is 0 Å². The minimum atomic E-state index is -0.588. The normalized spacial score (nSPS) is 8.60. The Morgan fingerprint density at radius 2 is 2.10 bits per heavy atom. The number of nitrogens with two attached hydrogens (primary N) is 1. The maximum atomic E-state index is 12.3. The van der Waals surface area contributed by atoms with Crippen LogP contribution in [0.5, 0.6) is 0 Å². The van der Waals surface area contributed by atoms with Gasteiger partial charge in [-0.2, -0.15) is 4.39 Å². The molecule has 4 heteroatoms. The molecule has 56 valence electrons. The van der Waals surface area contributed by atoms with Crippen molar-refractivity contribution in [2.45, 2.75) is 6.92 Å². The fourth-order valence-corrected chi connectivity index (χ4v) is 0.536. The van der Waals surface area contributed by atoms with E-state index in [1.807, 2.05) is 0 Å². The molecule has 0 fully saturated rings. The van der Waals surface area contributed by atoms with E-state index in [2.05, 4.69) is 4.98 Å². The Morgan fingerprint density at radius 3 is 2.50 bits per heavy atom. The van der Waals surface area contributed by atoms with E-state index in [-0.39, 0.29) is 18.1 Å². The highest BCUT2D eigenvalue weighted by Gasteiger charge is 1.95. The Kier molecular flexibility index (Phi) is 3.09. The van der Waals surface area contributed by atoms with Crippen molar-refractivity contribution >= 4 is 18.1 Å². The van der Waals surface area contributed by atoms with Crippen molar-refractivity contribution in [2.75, 3.05) is 5.73 Å². The average Bonchev–Trinajstić information content (AvgIpc) is 1.80. The Morgan fingerprint density at radius 1 is 1.50 bits per heavy atom. The molecule has 2 nitrogen and oxygen atoms in total. The minimum absolute atomic E-state index is 0. The zero-order valence-electron chi connectivity index (χ0n) is 5.47. The first-order valence-electron chi connectivity index (χ1n) is 2.59. The van der Waals surface area contributed by atoms with Gasteiger partial charge in [-0.1, -0.05) is 0 Å². The summed E-state index contributed by atoms with van der Waals surface area (Å²) in [7, 11) is 0. The molecule has 0 spiro atoms. The van der Waals surface area contributed by atoms with Gasteiger partial charge >= 0.3 is 0 Å². The fraction of sp³-hybridized carbons (Fsp3) is 0.167. The summed E-state index contributed by atoms with van der Waals surface area (Å²) in [6.07, 6.45) is 0. The fourth-order valence-electron chi connectivity index (χ4n) is 0.536. The van der Waals surface area contributed by atoms with E-state index in [9.17, 15) is 4.39 Å². The van der Waals surface area contributed by atoms with E-state index in [0.29, 0.717) is 5.69 Å². The lowest BCUT2D eigenvalue weighted by Crippen LogP contribution is -1.94. The quantitative estimate of drug-likeness (QED) is 0.588. The zero-order chi connectivity index (χ0) is 6.85. The second-order valence-corrected chi connectivity index (χ2v) is 1.83. The van der Waals surface area contributed by atoms with Crippen LogP contribution in [0.2, 0.25) is 0 Å². The Labute approximate surface area is 64.7 Å². The first-order valence-corrected chi connectivity index (χ1v) is 2.59. The lowest BCUT2D eigenvalue weighted by molar-refractivity contribution is 0.585. The maximum Gasteiger partial charge on any atom is 0.236 e. The molecule has 2 N–H and O–H groups in total. The van der Waals surface area contributed by atoms with Crippen molar-refractivity contribution in [3.8, 4) is 0 Å². The third-order valence-electron chi connectivity index (χ3n) is 1.02. The summed E-state index contributed by atoms with van der Waals surface area (Å²) in [5, 5.41) is 0. The monoisotopic (exact) mass is 162 g/mol. The summed E-state index contributed by atoms with van der Waals surface area (Å²) in [5.41, 5.74) is 5.89. The summed E-state index contributed by atoms with van der Waals surface area (Å²) in [5.74, 6) is -0.588. The molecular formula is C6H8ClFN2. The summed E-state index contributed by atoms with van der Waals surface area (Å²) in [4.78, 5) is 3.48. The van der Waals surface area contributed by atoms with Crippen LogP contribution < -0.4 is 5.73 Å². The Hall–Kier alpha value is -0.830. The molecule has 0 saturated carbocycles. The summed E-state index contributed by atoms with van der Waals surface area (Å²) in [6, 6.07) is 3.16. The van der Waals surface area contributed by atoms with Gasteiger partial charge in [0.15, 0.2) is 0 Å². The smallest absolute Gasteiger partial charge is 0.236 e. The lowest BCUT2D eigenvalue weighted by atomic mass is 10.3. The van der Waals surface area contributed by atoms with Crippen LogP contribution >= 0.6 is 12.4 Å². The largest absolute Gasteiger partial charge is 0.395 e. The molecule has 0 bridgehead atoms. The van der Waals surface area contributed by atoms with Crippen LogP contribution in [0.15, 0.2) is 12.1 Å². The molecule has 0 saturated heterocycles. The highest BCUT2D eigenvalue weighted by Crippen LogP contribution is 2.05. The second-order valence-electron chi connectivity index (χ2n) is 1.83. The van der Waals surface area contributed by atoms with Crippen molar-refractivity contribution in [1.29, 1.82) is 0 Å². The predicted octanol–water partition coefficient (Wildman–Crippen LogP) is 1.53. The van der Waals surface area contributed by atoms with E-state index in [1.54, 1.807) is 13.0 Å². The Bertz CT molecular complexity index is 227. The van der Waals surface area contributed by atoms with Gasteiger partial charge < -0.3 is 5.73 Å². The number of anilines is 1. The predicted molar refractivity (Wildman–Crippen MR) is 40.6 cm³/mol. The van der Waals surface area contributed by atoms with Crippen molar-refractivity contribution in [2.24, 2.45) is 0 Å². The SMILES string of the molecule is Cc1ccc(N)c(F)n1.Cl. The van der Waals surface area contributed by atoms with Crippen LogP contribution in [0.3, 0.4) is 0 Å². The molecule has 0 aliphatic rings. The zero-order valence-corrected chi connectivity index (χ0v) is 6.28. The van der Waals surface area contributed by atoms with E-state index >= 15 is 0 Å². The van der Waals surface area contributed by atoms with Crippen molar-refractivity contribution in [3.05, 3.63) is 23.8 Å². The molecule has 0 amide bonds. The summed E-state index contributed by atoms with van der Waals surface area (Å²) < 4.78 is 12.3. The molecule has 1 aromatic heterocycles. The molecule has 0 aliphatic carbocycles. The minimum Gasteiger partial charge on any atom is -0.395 e. The molecule has 0 unspecified atom stereocenters. The van der Waals surface area contributed by atoms with Crippen molar-refractivity contribution in [1.82, 2.24) is 4.98 Å². The summed E-state index contributed by atoms with van der Waals surface area (Å²) in [6.45, 7) is 1.71. The number of aromatic nitrogens is 1. The maximum absolute atomic E-state index is 12.3. The Balaban J connectivity index is 0.000000810. The number of hydrogen-bond donors (Lipinski definition) is 1. The molecule has 0 aromatic carbocycles. The number of halogens is 2. The standard InChI is InChI=1S/C6H7FN2.ClH/c1-4-2-3-5(8)6(7)9-4;/h2-3H,8H2,1H3;1H.